The predicted octanol–water partition coefficient (Wildman–Crippen LogP) is 1.78. The molecule has 0 saturated carbocycles. The maximum atomic E-state index is 12.7. The Kier molecular flexibility index (Phi) is 4.99. The Balaban J connectivity index is 1.73. The second kappa shape index (κ2) is 7.06. The Hall–Kier alpha value is -2.42. The van der Waals surface area contributed by atoms with Crippen molar-refractivity contribution in [1.82, 2.24) is 25.4 Å². The first-order valence-electron chi connectivity index (χ1n) is 8.32. The lowest BCUT2D eigenvalue weighted by Crippen LogP contribution is -2.48. The van der Waals surface area contributed by atoms with E-state index in [0.29, 0.717) is 23.9 Å². The van der Waals surface area contributed by atoms with Gasteiger partial charge in [0.15, 0.2) is 5.82 Å². The third kappa shape index (κ3) is 3.87. The molecule has 0 radical (unpaired) electrons. The van der Waals surface area contributed by atoms with Crippen LogP contribution < -0.4 is 10.6 Å². The molecular weight excluding hydrogens is 347 g/mol. The fourth-order valence-electron chi connectivity index (χ4n) is 2.81. The molecule has 0 spiro atoms. The zero-order chi connectivity index (χ0) is 18.9. The summed E-state index contributed by atoms with van der Waals surface area (Å²) in [5, 5.41) is 10.4. The van der Waals surface area contributed by atoms with Gasteiger partial charge >= 0.3 is 6.18 Å². The molecule has 1 fully saturated rings. The molecule has 0 unspecified atom stereocenters. The van der Waals surface area contributed by atoms with Gasteiger partial charge in [0.1, 0.15) is 0 Å². The van der Waals surface area contributed by atoms with E-state index in [-0.39, 0.29) is 18.1 Å². The van der Waals surface area contributed by atoms with Crippen molar-refractivity contribution in [2.45, 2.75) is 26.4 Å². The van der Waals surface area contributed by atoms with Crippen LogP contribution in [0.2, 0.25) is 0 Å². The van der Waals surface area contributed by atoms with E-state index in [4.69, 9.17) is 0 Å². The summed E-state index contributed by atoms with van der Waals surface area (Å²) in [6.45, 7) is 6.01. The standard InChI is InChI=1S/C17H20F3N5O/c1-10-14(5-16(26)23-8-12-6-21-7-12)11(2)25(24-10)15-4-3-13(9-22-15)17(18,19)20/h3-4,9,12,21H,5-8H2,1-2H3,(H,23,26). The summed E-state index contributed by atoms with van der Waals surface area (Å²) in [5.74, 6) is 0.661. The highest BCUT2D eigenvalue weighted by molar-refractivity contribution is 5.79. The number of pyridine rings is 1. The van der Waals surface area contributed by atoms with Gasteiger partial charge in [-0.1, -0.05) is 0 Å². The molecule has 0 aliphatic carbocycles. The van der Waals surface area contributed by atoms with Crippen molar-refractivity contribution >= 4 is 5.91 Å². The quantitative estimate of drug-likeness (QED) is 0.845. The second-order valence-electron chi connectivity index (χ2n) is 6.47. The van der Waals surface area contributed by atoms with Gasteiger partial charge in [0, 0.05) is 43.0 Å². The molecule has 1 aliphatic heterocycles. The first kappa shape index (κ1) is 18.4. The number of hydrogen-bond acceptors (Lipinski definition) is 4. The first-order chi connectivity index (χ1) is 12.3. The molecule has 0 bridgehead atoms. The number of hydrogen-bond donors (Lipinski definition) is 2. The zero-order valence-corrected chi connectivity index (χ0v) is 14.5. The Morgan fingerprint density at radius 3 is 2.62 bits per heavy atom. The normalized spacial score (nSPS) is 15.0. The van der Waals surface area contributed by atoms with Crippen LogP contribution in [0.3, 0.4) is 0 Å². The number of halogens is 3. The summed E-state index contributed by atoms with van der Waals surface area (Å²) < 4.78 is 39.5. The molecule has 0 aromatic carbocycles. The smallest absolute Gasteiger partial charge is 0.355 e. The van der Waals surface area contributed by atoms with Crippen molar-refractivity contribution in [2.24, 2.45) is 5.92 Å². The molecule has 2 aromatic heterocycles. The van der Waals surface area contributed by atoms with Gasteiger partial charge in [-0.05, 0) is 26.0 Å². The van der Waals surface area contributed by atoms with Gasteiger partial charge in [-0.25, -0.2) is 9.67 Å². The molecule has 26 heavy (non-hydrogen) atoms. The number of nitrogens with one attached hydrogen (secondary N) is 2. The van der Waals surface area contributed by atoms with Gasteiger partial charge in [-0.3, -0.25) is 4.79 Å². The van der Waals surface area contributed by atoms with E-state index < -0.39 is 11.7 Å². The predicted molar refractivity (Wildman–Crippen MR) is 88.9 cm³/mol. The van der Waals surface area contributed by atoms with E-state index in [1.807, 2.05) is 0 Å². The number of carbonyl (C=O) groups is 1. The summed E-state index contributed by atoms with van der Waals surface area (Å²) in [6, 6.07) is 2.24. The van der Waals surface area contributed by atoms with E-state index in [2.05, 4.69) is 20.7 Å². The number of aryl methyl sites for hydroxylation is 1. The third-order valence-corrected chi connectivity index (χ3v) is 4.52. The Morgan fingerprint density at radius 2 is 2.08 bits per heavy atom. The minimum atomic E-state index is -4.43. The number of rotatable bonds is 5. The van der Waals surface area contributed by atoms with Crippen molar-refractivity contribution in [1.29, 1.82) is 0 Å². The lowest BCUT2D eigenvalue weighted by molar-refractivity contribution is -0.137. The van der Waals surface area contributed by atoms with E-state index >= 15 is 0 Å². The largest absolute Gasteiger partial charge is 0.417 e. The van der Waals surface area contributed by atoms with Gasteiger partial charge in [0.2, 0.25) is 5.91 Å². The lowest BCUT2D eigenvalue weighted by Gasteiger charge is -2.27. The summed E-state index contributed by atoms with van der Waals surface area (Å²) >= 11 is 0. The second-order valence-corrected chi connectivity index (χ2v) is 6.47. The van der Waals surface area contributed by atoms with Crippen molar-refractivity contribution < 1.29 is 18.0 Å². The van der Waals surface area contributed by atoms with Crippen molar-refractivity contribution in [3.63, 3.8) is 0 Å². The van der Waals surface area contributed by atoms with Crippen molar-refractivity contribution in [3.8, 4) is 5.82 Å². The molecule has 6 nitrogen and oxygen atoms in total. The SMILES string of the molecule is Cc1nn(-c2ccc(C(F)(F)F)cn2)c(C)c1CC(=O)NCC1CNC1. The highest BCUT2D eigenvalue weighted by atomic mass is 19.4. The lowest BCUT2D eigenvalue weighted by atomic mass is 10.0. The van der Waals surface area contributed by atoms with E-state index in [9.17, 15) is 18.0 Å². The Bertz CT molecular complexity index is 794. The van der Waals surface area contributed by atoms with E-state index in [1.165, 1.54) is 10.7 Å². The summed E-state index contributed by atoms with van der Waals surface area (Å²) in [4.78, 5) is 16.0. The molecule has 1 amide bonds. The molecule has 3 heterocycles. The number of aromatic nitrogens is 3. The highest BCUT2D eigenvalue weighted by Crippen LogP contribution is 2.29. The Morgan fingerprint density at radius 1 is 1.35 bits per heavy atom. The van der Waals surface area contributed by atoms with Crippen molar-refractivity contribution in [3.05, 3.63) is 40.8 Å². The summed E-state index contributed by atoms with van der Waals surface area (Å²) in [6.07, 6.45) is -3.47. The highest BCUT2D eigenvalue weighted by Gasteiger charge is 2.31. The zero-order valence-electron chi connectivity index (χ0n) is 14.5. The van der Waals surface area contributed by atoms with Crippen molar-refractivity contribution in [2.75, 3.05) is 19.6 Å². The number of carbonyl (C=O) groups excluding carboxylic acids is 1. The third-order valence-electron chi connectivity index (χ3n) is 4.52. The van der Waals surface area contributed by atoms with E-state index in [1.54, 1.807) is 13.8 Å². The van der Waals surface area contributed by atoms with Gasteiger partial charge in [0.25, 0.3) is 0 Å². The molecular formula is C17H20F3N5O. The molecule has 2 N–H and O–H groups in total. The fraction of sp³-hybridized carbons (Fsp3) is 0.471. The minimum absolute atomic E-state index is 0.0944. The van der Waals surface area contributed by atoms with Crippen LogP contribution in [0.5, 0.6) is 0 Å². The van der Waals surface area contributed by atoms with E-state index in [0.717, 1.165) is 30.9 Å². The maximum Gasteiger partial charge on any atom is 0.417 e. The molecule has 2 aromatic rings. The molecule has 140 valence electrons. The summed E-state index contributed by atoms with van der Waals surface area (Å²) in [5.41, 5.74) is 1.30. The minimum Gasteiger partial charge on any atom is -0.355 e. The van der Waals surface area contributed by atoms with Gasteiger partial charge < -0.3 is 10.6 Å². The van der Waals surface area contributed by atoms with Gasteiger partial charge in [0.05, 0.1) is 17.7 Å². The maximum absolute atomic E-state index is 12.7. The van der Waals surface area contributed by atoms with Gasteiger partial charge in [-0.15, -0.1) is 0 Å². The number of alkyl halides is 3. The fourth-order valence-corrected chi connectivity index (χ4v) is 2.81. The van der Waals surface area contributed by atoms with Crippen LogP contribution in [0.15, 0.2) is 18.3 Å². The van der Waals surface area contributed by atoms with Crippen LogP contribution in [0.4, 0.5) is 13.2 Å². The molecule has 0 atom stereocenters. The van der Waals surface area contributed by atoms with Gasteiger partial charge in [-0.2, -0.15) is 18.3 Å². The Labute approximate surface area is 148 Å². The average Bonchev–Trinajstić information content (AvgIpc) is 2.81. The monoisotopic (exact) mass is 367 g/mol. The number of amides is 1. The van der Waals surface area contributed by atoms with Crippen LogP contribution >= 0.6 is 0 Å². The molecule has 1 aliphatic rings. The molecule has 1 saturated heterocycles. The summed E-state index contributed by atoms with van der Waals surface area (Å²) in [7, 11) is 0. The van der Waals surface area contributed by atoms with Crippen LogP contribution in [-0.4, -0.2) is 40.3 Å². The number of nitrogens with zero attached hydrogens (tertiary/aromatic N) is 3. The topological polar surface area (TPSA) is 71.8 Å². The van der Waals surface area contributed by atoms with Crippen LogP contribution in [0.25, 0.3) is 5.82 Å². The van der Waals surface area contributed by atoms with Crippen LogP contribution in [-0.2, 0) is 17.4 Å². The van der Waals surface area contributed by atoms with Crippen LogP contribution in [0, 0.1) is 19.8 Å². The van der Waals surface area contributed by atoms with Crippen LogP contribution in [0.1, 0.15) is 22.5 Å². The first-order valence-corrected chi connectivity index (χ1v) is 8.32. The average molecular weight is 367 g/mol. The molecule has 9 heteroatoms. The molecule has 3 rings (SSSR count).